The molecule has 0 aliphatic carbocycles. The highest BCUT2D eigenvalue weighted by molar-refractivity contribution is 14.1. The van der Waals surface area contributed by atoms with Crippen molar-refractivity contribution < 1.29 is 4.39 Å². The third-order valence-electron chi connectivity index (χ3n) is 2.59. The summed E-state index contributed by atoms with van der Waals surface area (Å²) < 4.78 is 14.0. The van der Waals surface area contributed by atoms with Crippen molar-refractivity contribution in [3.63, 3.8) is 0 Å². The molecule has 0 spiro atoms. The van der Waals surface area contributed by atoms with E-state index in [-0.39, 0.29) is 5.82 Å². The zero-order valence-electron chi connectivity index (χ0n) is 8.47. The SMILES string of the molecule is Fc1ccc(N2CCCNCC2)c(I)c1. The maximum absolute atomic E-state index is 13.0. The first kappa shape index (κ1) is 11.1. The molecule has 1 fully saturated rings. The quantitative estimate of drug-likeness (QED) is 0.799. The molecule has 1 aliphatic rings. The molecule has 0 aromatic heterocycles. The Morgan fingerprint density at radius 3 is 2.93 bits per heavy atom. The third-order valence-corrected chi connectivity index (χ3v) is 3.45. The molecular formula is C11H14FIN2. The molecule has 1 heterocycles. The van der Waals surface area contributed by atoms with Gasteiger partial charge in [0.1, 0.15) is 5.82 Å². The van der Waals surface area contributed by atoms with Gasteiger partial charge in [-0.25, -0.2) is 4.39 Å². The molecule has 1 aromatic carbocycles. The van der Waals surface area contributed by atoms with Crippen LogP contribution in [0.2, 0.25) is 0 Å². The van der Waals surface area contributed by atoms with E-state index in [1.54, 1.807) is 6.07 Å². The summed E-state index contributed by atoms with van der Waals surface area (Å²) in [5.41, 5.74) is 1.15. The monoisotopic (exact) mass is 320 g/mol. The van der Waals surface area contributed by atoms with Gasteiger partial charge in [0.2, 0.25) is 0 Å². The summed E-state index contributed by atoms with van der Waals surface area (Å²) in [7, 11) is 0. The second-order valence-electron chi connectivity index (χ2n) is 3.69. The first-order chi connectivity index (χ1) is 7.27. The highest BCUT2D eigenvalue weighted by Gasteiger charge is 2.12. The zero-order chi connectivity index (χ0) is 10.7. The van der Waals surface area contributed by atoms with Gasteiger partial charge in [-0.15, -0.1) is 0 Å². The molecule has 15 heavy (non-hydrogen) atoms. The van der Waals surface area contributed by atoms with Gasteiger partial charge >= 0.3 is 0 Å². The minimum absolute atomic E-state index is 0.156. The van der Waals surface area contributed by atoms with Crippen LogP contribution in [0.3, 0.4) is 0 Å². The van der Waals surface area contributed by atoms with Crippen molar-refractivity contribution in [2.75, 3.05) is 31.1 Å². The molecule has 0 radical (unpaired) electrons. The summed E-state index contributed by atoms with van der Waals surface area (Å²) in [6.45, 7) is 4.14. The topological polar surface area (TPSA) is 15.3 Å². The Morgan fingerprint density at radius 1 is 1.27 bits per heavy atom. The van der Waals surface area contributed by atoms with E-state index in [0.29, 0.717) is 0 Å². The van der Waals surface area contributed by atoms with Crippen LogP contribution in [0.15, 0.2) is 18.2 Å². The summed E-state index contributed by atoms with van der Waals surface area (Å²) in [5.74, 6) is -0.156. The minimum Gasteiger partial charge on any atom is -0.369 e. The van der Waals surface area contributed by atoms with Gasteiger partial charge < -0.3 is 10.2 Å². The number of hydrogen-bond acceptors (Lipinski definition) is 2. The standard InChI is InChI=1S/C11H14FIN2/c12-9-2-3-11(10(13)8-9)15-6-1-4-14-5-7-15/h2-3,8,14H,1,4-7H2. The van der Waals surface area contributed by atoms with Crippen LogP contribution in [-0.4, -0.2) is 26.2 Å². The molecule has 1 aliphatic heterocycles. The number of anilines is 1. The Labute approximate surface area is 103 Å². The predicted molar refractivity (Wildman–Crippen MR) is 68.8 cm³/mol. The van der Waals surface area contributed by atoms with Gasteiger partial charge in [-0.2, -0.15) is 0 Å². The van der Waals surface area contributed by atoms with Crippen molar-refractivity contribution in [3.05, 3.63) is 27.6 Å². The van der Waals surface area contributed by atoms with E-state index >= 15 is 0 Å². The molecule has 1 saturated heterocycles. The van der Waals surface area contributed by atoms with E-state index in [1.165, 1.54) is 6.07 Å². The Morgan fingerprint density at radius 2 is 2.13 bits per heavy atom. The Balaban J connectivity index is 2.19. The molecule has 2 nitrogen and oxygen atoms in total. The lowest BCUT2D eigenvalue weighted by molar-refractivity contribution is 0.626. The summed E-state index contributed by atoms with van der Waals surface area (Å²) in [4.78, 5) is 2.32. The number of benzene rings is 1. The maximum atomic E-state index is 13.0. The number of nitrogens with one attached hydrogen (secondary N) is 1. The van der Waals surface area contributed by atoms with E-state index in [2.05, 4.69) is 32.8 Å². The van der Waals surface area contributed by atoms with Crippen molar-refractivity contribution in [1.29, 1.82) is 0 Å². The van der Waals surface area contributed by atoms with Crippen LogP contribution < -0.4 is 10.2 Å². The fourth-order valence-electron chi connectivity index (χ4n) is 1.82. The highest BCUT2D eigenvalue weighted by atomic mass is 127. The lowest BCUT2D eigenvalue weighted by Crippen LogP contribution is -2.28. The van der Waals surface area contributed by atoms with E-state index in [9.17, 15) is 4.39 Å². The van der Waals surface area contributed by atoms with Crippen LogP contribution in [0.5, 0.6) is 0 Å². The molecule has 0 bridgehead atoms. The van der Waals surface area contributed by atoms with Crippen LogP contribution >= 0.6 is 22.6 Å². The lowest BCUT2D eigenvalue weighted by atomic mass is 10.2. The average molecular weight is 320 g/mol. The van der Waals surface area contributed by atoms with Crippen LogP contribution in [-0.2, 0) is 0 Å². The summed E-state index contributed by atoms with van der Waals surface area (Å²) >= 11 is 2.20. The van der Waals surface area contributed by atoms with E-state index in [1.807, 2.05) is 6.07 Å². The number of nitrogens with zero attached hydrogens (tertiary/aromatic N) is 1. The van der Waals surface area contributed by atoms with Gasteiger partial charge in [-0.3, -0.25) is 0 Å². The third kappa shape index (κ3) is 2.81. The first-order valence-electron chi connectivity index (χ1n) is 5.18. The first-order valence-corrected chi connectivity index (χ1v) is 6.26. The van der Waals surface area contributed by atoms with Gasteiger partial charge in [0.25, 0.3) is 0 Å². The van der Waals surface area contributed by atoms with Crippen LogP contribution in [0, 0.1) is 9.39 Å². The molecule has 82 valence electrons. The van der Waals surface area contributed by atoms with Gasteiger partial charge in [-0.1, -0.05) is 0 Å². The Hall–Kier alpha value is -0.360. The maximum Gasteiger partial charge on any atom is 0.124 e. The summed E-state index contributed by atoms with van der Waals surface area (Å²) in [6.07, 6.45) is 1.15. The molecular weight excluding hydrogens is 306 g/mol. The predicted octanol–water partition coefficient (Wildman–Crippen LogP) is 2.23. The van der Waals surface area contributed by atoms with E-state index in [0.717, 1.165) is 41.9 Å². The van der Waals surface area contributed by atoms with Gasteiger partial charge in [0.05, 0.1) is 5.69 Å². The Bertz CT molecular complexity index is 335. The smallest absolute Gasteiger partial charge is 0.124 e. The van der Waals surface area contributed by atoms with Crippen LogP contribution in [0.25, 0.3) is 0 Å². The van der Waals surface area contributed by atoms with Gasteiger partial charge in [0, 0.05) is 23.2 Å². The molecule has 0 atom stereocenters. The molecule has 0 amide bonds. The van der Waals surface area contributed by atoms with Crippen molar-refractivity contribution in [1.82, 2.24) is 5.32 Å². The second kappa shape index (κ2) is 5.12. The molecule has 2 rings (SSSR count). The number of halogens is 2. The molecule has 4 heteroatoms. The molecule has 1 aromatic rings. The molecule has 0 saturated carbocycles. The molecule has 1 N–H and O–H groups in total. The normalized spacial score (nSPS) is 17.6. The fourth-order valence-corrected chi connectivity index (χ4v) is 2.64. The Kier molecular flexibility index (Phi) is 3.80. The summed E-state index contributed by atoms with van der Waals surface area (Å²) in [5, 5.41) is 3.36. The van der Waals surface area contributed by atoms with Gasteiger partial charge in [-0.05, 0) is 53.8 Å². The van der Waals surface area contributed by atoms with Crippen LogP contribution in [0.4, 0.5) is 10.1 Å². The van der Waals surface area contributed by atoms with E-state index in [4.69, 9.17) is 0 Å². The summed E-state index contributed by atoms with van der Waals surface area (Å²) in [6, 6.07) is 5.01. The second-order valence-corrected chi connectivity index (χ2v) is 4.85. The number of hydrogen-bond donors (Lipinski definition) is 1. The van der Waals surface area contributed by atoms with Crippen molar-refractivity contribution in [3.8, 4) is 0 Å². The van der Waals surface area contributed by atoms with Crippen LogP contribution in [0.1, 0.15) is 6.42 Å². The highest BCUT2D eigenvalue weighted by Crippen LogP contribution is 2.23. The largest absolute Gasteiger partial charge is 0.369 e. The van der Waals surface area contributed by atoms with Crippen molar-refractivity contribution in [2.24, 2.45) is 0 Å². The minimum atomic E-state index is -0.156. The fraction of sp³-hybridized carbons (Fsp3) is 0.455. The van der Waals surface area contributed by atoms with Gasteiger partial charge in [0.15, 0.2) is 0 Å². The zero-order valence-corrected chi connectivity index (χ0v) is 10.6. The lowest BCUT2D eigenvalue weighted by Gasteiger charge is -2.23. The molecule has 0 unspecified atom stereocenters. The van der Waals surface area contributed by atoms with Crippen molar-refractivity contribution >= 4 is 28.3 Å². The average Bonchev–Trinajstić information content (AvgIpc) is 2.46. The van der Waals surface area contributed by atoms with Crippen molar-refractivity contribution in [2.45, 2.75) is 6.42 Å². The van der Waals surface area contributed by atoms with E-state index < -0.39 is 0 Å². The number of rotatable bonds is 1.